The maximum atomic E-state index is 12.2. The Labute approximate surface area is 131 Å². The fraction of sp³-hybridized carbons (Fsp3) is 0.562. The topological polar surface area (TPSA) is 83.5 Å². The first-order chi connectivity index (χ1) is 10.5. The average Bonchev–Trinajstić information content (AvgIpc) is 2.76. The summed E-state index contributed by atoms with van der Waals surface area (Å²) in [5, 5.41) is 11.8. The van der Waals surface area contributed by atoms with Gasteiger partial charge < -0.3 is 10.4 Å². The Morgan fingerprint density at radius 1 is 1.09 bits per heavy atom. The molecule has 5 nitrogen and oxygen atoms in total. The minimum Gasteiger partial charge on any atom is -0.395 e. The first kappa shape index (κ1) is 17.0. The molecule has 2 rings (SSSR count). The number of hydrogen-bond acceptors (Lipinski definition) is 4. The van der Waals surface area contributed by atoms with E-state index in [0.717, 1.165) is 25.7 Å². The van der Waals surface area contributed by atoms with Gasteiger partial charge in [0, 0.05) is 11.6 Å². The molecule has 1 aromatic carbocycles. The lowest BCUT2D eigenvalue weighted by Gasteiger charge is -2.16. The van der Waals surface area contributed by atoms with E-state index >= 15 is 0 Å². The molecule has 6 heteroatoms. The molecule has 0 radical (unpaired) electrons. The van der Waals surface area contributed by atoms with Gasteiger partial charge in [-0.05, 0) is 37.1 Å². The van der Waals surface area contributed by atoms with Gasteiger partial charge in [-0.25, -0.2) is 8.42 Å². The monoisotopic (exact) mass is 325 g/mol. The van der Waals surface area contributed by atoms with Crippen LogP contribution in [0.5, 0.6) is 0 Å². The van der Waals surface area contributed by atoms with Gasteiger partial charge in [0.1, 0.15) is 0 Å². The first-order valence-electron chi connectivity index (χ1n) is 7.77. The van der Waals surface area contributed by atoms with Crippen molar-refractivity contribution < 1.29 is 18.3 Å². The molecule has 1 aromatic rings. The highest BCUT2D eigenvalue weighted by Gasteiger charge is 2.17. The number of rotatable bonds is 5. The number of carbonyl (C=O) groups excluding carboxylic acids is 1. The molecule has 0 aliphatic heterocycles. The highest BCUT2D eigenvalue weighted by molar-refractivity contribution is 7.91. The molecule has 1 aliphatic carbocycles. The average molecular weight is 325 g/mol. The number of nitrogens with one attached hydrogen (secondary N) is 1. The van der Waals surface area contributed by atoms with E-state index in [1.807, 2.05) is 0 Å². The van der Waals surface area contributed by atoms with Crippen molar-refractivity contribution in [2.75, 3.05) is 12.4 Å². The Bertz CT molecular complexity index is 587. The maximum absolute atomic E-state index is 12.2. The van der Waals surface area contributed by atoms with Crippen LogP contribution in [-0.4, -0.2) is 37.8 Å². The van der Waals surface area contributed by atoms with Crippen molar-refractivity contribution in [3.63, 3.8) is 0 Å². The minimum absolute atomic E-state index is 0.132. The summed E-state index contributed by atoms with van der Waals surface area (Å²) in [7, 11) is -3.47. The van der Waals surface area contributed by atoms with Crippen molar-refractivity contribution in [2.45, 2.75) is 49.5 Å². The molecule has 0 spiro atoms. The Morgan fingerprint density at radius 2 is 1.68 bits per heavy atom. The van der Waals surface area contributed by atoms with Gasteiger partial charge in [-0.2, -0.15) is 0 Å². The lowest BCUT2D eigenvalue weighted by Crippen LogP contribution is -2.34. The van der Waals surface area contributed by atoms with Gasteiger partial charge in [-0.3, -0.25) is 4.79 Å². The van der Waals surface area contributed by atoms with Gasteiger partial charge in [0.25, 0.3) is 5.91 Å². The second-order valence-electron chi connectivity index (χ2n) is 5.73. The largest absolute Gasteiger partial charge is 0.395 e. The number of aliphatic hydroxyl groups excluding tert-OH is 1. The van der Waals surface area contributed by atoms with Gasteiger partial charge in [0.2, 0.25) is 0 Å². The van der Waals surface area contributed by atoms with Gasteiger partial charge in [-0.15, -0.1) is 0 Å². The zero-order valence-corrected chi connectivity index (χ0v) is 13.4. The normalized spacial score (nSPS) is 17.0. The number of sulfone groups is 1. The molecule has 0 atom stereocenters. The third kappa shape index (κ3) is 4.55. The fourth-order valence-corrected chi connectivity index (χ4v) is 3.77. The molecule has 1 saturated carbocycles. The van der Waals surface area contributed by atoms with Gasteiger partial charge in [-0.1, -0.05) is 25.7 Å². The number of aliphatic hydroxyl groups is 1. The van der Waals surface area contributed by atoms with Crippen molar-refractivity contribution in [1.29, 1.82) is 0 Å². The van der Waals surface area contributed by atoms with Crippen LogP contribution in [0.4, 0.5) is 0 Å². The standard InChI is InChI=1S/C16H23NO4S/c18-11-12-22(20,21)15-9-7-13(8-10-15)16(19)17-14-5-3-1-2-4-6-14/h7-10,14,18H,1-6,11-12H2,(H,17,19). The van der Waals surface area contributed by atoms with Crippen LogP contribution in [0.1, 0.15) is 48.9 Å². The molecule has 1 aliphatic rings. The Morgan fingerprint density at radius 3 is 2.23 bits per heavy atom. The smallest absolute Gasteiger partial charge is 0.251 e. The maximum Gasteiger partial charge on any atom is 0.251 e. The SMILES string of the molecule is O=C(NC1CCCCCC1)c1ccc(S(=O)(=O)CCO)cc1. The van der Waals surface area contributed by atoms with Crippen molar-refractivity contribution >= 4 is 15.7 Å². The molecule has 122 valence electrons. The molecule has 0 unspecified atom stereocenters. The van der Waals surface area contributed by atoms with Crippen LogP contribution in [0.15, 0.2) is 29.2 Å². The quantitative estimate of drug-likeness (QED) is 0.810. The predicted molar refractivity (Wildman–Crippen MR) is 84.5 cm³/mol. The first-order valence-corrected chi connectivity index (χ1v) is 9.43. The van der Waals surface area contributed by atoms with Gasteiger partial charge in [0.05, 0.1) is 17.3 Å². The molecule has 2 N–H and O–H groups in total. The van der Waals surface area contributed by atoms with E-state index in [4.69, 9.17) is 5.11 Å². The second-order valence-corrected chi connectivity index (χ2v) is 7.84. The van der Waals surface area contributed by atoms with Crippen LogP contribution in [0.3, 0.4) is 0 Å². The number of hydrogen-bond donors (Lipinski definition) is 2. The predicted octanol–water partition coefficient (Wildman–Crippen LogP) is 1.91. The van der Waals surface area contributed by atoms with Crippen LogP contribution < -0.4 is 5.32 Å². The van der Waals surface area contributed by atoms with Crippen molar-refractivity contribution in [2.24, 2.45) is 0 Å². The number of amides is 1. The molecular formula is C16H23NO4S. The zero-order valence-electron chi connectivity index (χ0n) is 12.6. The van der Waals surface area contributed by atoms with E-state index in [1.54, 1.807) is 0 Å². The summed E-state index contributed by atoms with van der Waals surface area (Å²) in [5.74, 6) is -0.460. The Hall–Kier alpha value is -1.40. The van der Waals surface area contributed by atoms with E-state index in [0.29, 0.717) is 5.56 Å². The lowest BCUT2D eigenvalue weighted by atomic mass is 10.1. The molecule has 0 aromatic heterocycles. The van der Waals surface area contributed by atoms with Crippen LogP contribution >= 0.6 is 0 Å². The molecule has 0 bridgehead atoms. The second kappa shape index (κ2) is 7.74. The summed E-state index contributed by atoms with van der Waals surface area (Å²) in [5.41, 5.74) is 0.465. The van der Waals surface area contributed by atoms with Gasteiger partial charge in [0.15, 0.2) is 9.84 Å². The highest BCUT2D eigenvalue weighted by Crippen LogP contribution is 2.18. The lowest BCUT2D eigenvalue weighted by molar-refractivity contribution is 0.0933. The van der Waals surface area contributed by atoms with Crippen LogP contribution in [0.25, 0.3) is 0 Å². The van der Waals surface area contributed by atoms with E-state index in [1.165, 1.54) is 37.1 Å². The van der Waals surface area contributed by atoms with E-state index in [9.17, 15) is 13.2 Å². The van der Waals surface area contributed by atoms with E-state index in [-0.39, 0.29) is 22.6 Å². The van der Waals surface area contributed by atoms with Crippen molar-refractivity contribution in [1.82, 2.24) is 5.32 Å². The zero-order chi connectivity index (χ0) is 16.0. The summed E-state index contributed by atoms with van der Waals surface area (Å²) >= 11 is 0. The molecule has 0 heterocycles. The van der Waals surface area contributed by atoms with Crippen molar-refractivity contribution in [3.8, 4) is 0 Å². The third-order valence-electron chi connectivity index (χ3n) is 4.03. The minimum atomic E-state index is -3.47. The molecule has 1 fully saturated rings. The van der Waals surface area contributed by atoms with Crippen LogP contribution in [0, 0.1) is 0 Å². The summed E-state index contributed by atoms with van der Waals surface area (Å²) in [6.07, 6.45) is 6.75. The number of carbonyl (C=O) groups is 1. The molecule has 22 heavy (non-hydrogen) atoms. The van der Waals surface area contributed by atoms with E-state index in [2.05, 4.69) is 5.32 Å². The summed E-state index contributed by atoms with van der Waals surface area (Å²) in [6.45, 7) is -0.410. The number of benzene rings is 1. The van der Waals surface area contributed by atoms with Crippen molar-refractivity contribution in [3.05, 3.63) is 29.8 Å². The summed E-state index contributed by atoms with van der Waals surface area (Å²) in [6, 6.07) is 6.11. The Kier molecular flexibility index (Phi) is 5.97. The molecular weight excluding hydrogens is 302 g/mol. The van der Waals surface area contributed by atoms with Crippen LogP contribution in [-0.2, 0) is 9.84 Å². The molecule has 0 saturated heterocycles. The summed E-state index contributed by atoms with van der Waals surface area (Å²) in [4.78, 5) is 12.3. The van der Waals surface area contributed by atoms with E-state index < -0.39 is 16.4 Å². The van der Waals surface area contributed by atoms with Gasteiger partial charge >= 0.3 is 0 Å². The summed E-state index contributed by atoms with van der Waals surface area (Å²) < 4.78 is 23.6. The fourth-order valence-electron chi connectivity index (χ4n) is 2.74. The third-order valence-corrected chi connectivity index (χ3v) is 5.74. The van der Waals surface area contributed by atoms with Crippen LogP contribution in [0.2, 0.25) is 0 Å². The highest BCUT2D eigenvalue weighted by atomic mass is 32.2. The molecule has 1 amide bonds. The Balaban J connectivity index is 2.01.